The summed E-state index contributed by atoms with van der Waals surface area (Å²) < 4.78 is 0. The summed E-state index contributed by atoms with van der Waals surface area (Å²) in [5.41, 5.74) is 14.4. The van der Waals surface area contributed by atoms with E-state index in [9.17, 15) is 4.79 Å². The van der Waals surface area contributed by atoms with Gasteiger partial charge in [0, 0.05) is 42.3 Å². The molecule has 6 rings (SSSR count). The first-order valence-electron chi connectivity index (χ1n) is 12.8. The molecule has 2 aliphatic rings. The lowest BCUT2D eigenvalue weighted by Crippen LogP contribution is -2.30. The van der Waals surface area contributed by atoms with E-state index in [1.807, 2.05) is 42.5 Å². The third-order valence-electron chi connectivity index (χ3n) is 7.47. The predicted molar refractivity (Wildman–Crippen MR) is 144 cm³/mol. The number of carbonyl (C=O) groups is 1. The molecule has 1 saturated heterocycles. The van der Waals surface area contributed by atoms with Crippen molar-refractivity contribution in [2.45, 2.75) is 44.4 Å². The fourth-order valence-corrected chi connectivity index (χ4v) is 5.37. The van der Waals surface area contributed by atoms with Gasteiger partial charge in [0.15, 0.2) is 5.78 Å². The zero-order chi connectivity index (χ0) is 23.8. The Labute approximate surface area is 206 Å². The minimum atomic E-state index is 0.0436. The first kappa shape index (κ1) is 21.8. The van der Waals surface area contributed by atoms with Crippen molar-refractivity contribution in [3.05, 3.63) is 89.6 Å². The maximum Gasteiger partial charge on any atom is 0.168 e. The highest BCUT2D eigenvalue weighted by atomic mass is 16.1. The number of nitrogens with zero attached hydrogens (tertiary/aromatic N) is 2. The third-order valence-corrected chi connectivity index (χ3v) is 7.47. The second kappa shape index (κ2) is 9.18. The first-order valence-corrected chi connectivity index (χ1v) is 12.8. The van der Waals surface area contributed by atoms with E-state index in [0.717, 1.165) is 40.7 Å². The van der Waals surface area contributed by atoms with E-state index >= 15 is 0 Å². The molecule has 2 N–H and O–H groups in total. The zero-order valence-corrected chi connectivity index (χ0v) is 20.0. The molecule has 3 aromatic carbocycles. The summed E-state index contributed by atoms with van der Waals surface area (Å²) >= 11 is 0. The van der Waals surface area contributed by atoms with Crippen molar-refractivity contribution in [2.75, 3.05) is 23.7 Å². The molecular weight excluding hydrogens is 430 g/mol. The van der Waals surface area contributed by atoms with Crippen LogP contribution in [0.1, 0.15) is 59.5 Å². The van der Waals surface area contributed by atoms with Crippen LogP contribution in [0.15, 0.2) is 72.9 Å². The number of hydrogen-bond acceptors (Lipinski definition) is 4. The Morgan fingerprint density at radius 3 is 2.49 bits per heavy atom. The fourth-order valence-electron chi connectivity index (χ4n) is 5.37. The second-order valence-electron chi connectivity index (χ2n) is 10.0. The smallest absolute Gasteiger partial charge is 0.168 e. The summed E-state index contributed by atoms with van der Waals surface area (Å²) in [6.07, 6.45) is 8.35. The summed E-state index contributed by atoms with van der Waals surface area (Å²) in [6.45, 7) is 2.19. The molecule has 1 aromatic heterocycles. The summed E-state index contributed by atoms with van der Waals surface area (Å²) in [4.78, 5) is 20.7. The van der Waals surface area contributed by atoms with Gasteiger partial charge in [-0.2, -0.15) is 0 Å². The number of ketones is 1. The number of pyridine rings is 1. The van der Waals surface area contributed by atoms with Crippen molar-refractivity contribution in [3.8, 4) is 11.1 Å². The standard InChI is InChI=1S/C31H31N3O/c32-28-14-12-23(21-7-3-1-4-8-21)17-25(28)19-29(35)26-18-24-11-13-27(22-9-10-22)31(30(24)33-20-26)34-15-5-2-6-16-34/h1,3-4,7-8,11-14,17-18,20,22H,2,5-6,9-10,15-16,19,32H2. The molecule has 4 aromatic rings. The van der Waals surface area contributed by atoms with Gasteiger partial charge in [0.05, 0.1) is 11.2 Å². The van der Waals surface area contributed by atoms with Crippen LogP contribution in [0.3, 0.4) is 0 Å². The number of aromatic nitrogens is 1. The lowest BCUT2D eigenvalue weighted by atomic mass is 9.96. The van der Waals surface area contributed by atoms with E-state index in [-0.39, 0.29) is 12.2 Å². The third kappa shape index (κ3) is 4.41. The van der Waals surface area contributed by atoms with Gasteiger partial charge >= 0.3 is 0 Å². The largest absolute Gasteiger partial charge is 0.398 e. The number of piperidine rings is 1. The maximum absolute atomic E-state index is 13.3. The maximum atomic E-state index is 13.3. The Balaban J connectivity index is 1.32. The Hall–Kier alpha value is -3.66. The van der Waals surface area contributed by atoms with Gasteiger partial charge in [0.1, 0.15) is 0 Å². The molecule has 4 nitrogen and oxygen atoms in total. The summed E-state index contributed by atoms with van der Waals surface area (Å²) in [5, 5.41) is 1.05. The van der Waals surface area contributed by atoms with Crippen molar-refractivity contribution in [3.63, 3.8) is 0 Å². The second-order valence-corrected chi connectivity index (χ2v) is 10.0. The number of nitrogens with two attached hydrogens (primary N) is 1. The molecule has 0 amide bonds. The van der Waals surface area contributed by atoms with Crippen LogP contribution >= 0.6 is 0 Å². The van der Waals surface area contributed by atoms with Gasteiger partial charge in [-0.1, -0.05) is 48.5 Å². The molecule has 2 fully saturated rings. The normalized spacial score (nSPS) is 15.9. The zero-order valence-electron chi connectivity index (χ0n) is 20.0. The van der Waals surface area contributed by atoms with E-state index in [4.69, 9.17) is 10.7 Å². The lowest BCUT2D eigenvalue weighted by molar-refractivity contribution is 0.0993. The molecule has 0 unspecified atom stereocenters. The molecule has 0 spiro atoms. The number of Topliss-reactive ketones (excluding diaryl/α,β-unsaturated/α-hetero) is 1. The van der Waals surface area contributed by atoms with E-state index in [0.29, 0.717) is 17.2 Å². The number of rotatable bonds is 6. The highest BCUT2D eigenvalue weighted by Gasteiger charge is 2.30. The number of carbonyl (C=O) groups excluding carboxylic acids is 1. The minimum Gasteiger partial charge on any atom is -0.398 e. The van der Waals surface area contributed by atoms with Crippen LogP contribution in [-0.2, 0) is 6.42 Å². The summed E-state index contributed by atoms with van der Waals surface area (Å²) in [6, 6.07) is 22.6. The molecule has 176 valence electrons. The van der Waals surface area contributed by atoms with E-state index in [1.54, 1.807) is 6.20 Å². The van der Waals surface area contributed by atoms with Gasteiger partial charge in [0.2, 0.25) is 0 Å². The Morgan fingerprint density at radius 2 is 1.71 bits per heavy atom. The topological polar surface area (TPSA) is 59.2 Å². The average Bonchev–Trinajstić information content (AvgIpc) is 3.75. The Kier molecular flexibility index (Phi) is 5.73. The predicted octanol–water partition coefficient (Wildman–Crippen LogP) is 6.78. The van der Waals surface area contributed by atoms with Gasteiger partial charge < -0.3 is 10.6 Å². The van der Waals surface area contributed by atoms with Gasteiger partial charge in [-0.25, -0.2) is 0 Å². The number of nitrogen functional groups attached to an aromatic ring is 1. The monoisotopic (exact) mass is 461 g/mol. The van der Waals surface area contributed by atoms with Crippen LogP contribution < -0.4 is 10.6 Å². The number of benzene rings is 3. The van der Waals surface area contributed by atoms with Gasteiger partial charge in [0.25, 0.3) is 0 Å². The number of fused-ring (bicyclic) bond motifs is 1. The molecular formula is C31H31N3O. The highest BCUT2D eigenvalue weighted by Crippen LogP contribution is 2.47. The molecule has 0 radical (unpaired) electrons. The van der Waals surface area contributed by atoms with Crippen molar-refractivity contribution in [1.29, 1.82) is 0 Å². The molecule has 1 aliphatic heterocycles. The van der Waals surface area contributed by atoms with Gasteiger partial charge in [-0.05, 0) is 78.5 Å². The average molecular weight is 462 g/mol. The van der Waals surface area contributed by atoms with Crippen LogP contribution in [0.5, 0.6) is 0 Å². The van der Waals surface area contributed by atoms with Crippen LogP contribution in [0.4, 0.5) is 11.4 Å². The van der Waals surface area contributed by atoms with Crippen LogP contribution in [0, 0.1) is 0 Å². The Bertz CT molecular complexity index is 1390. The highest BCUT2D eigenvalue weighted by molar-refractivity contribution is 6.02. The van der Waals surface area contributed by atoms with Crippen molar-refractivity contribution >= 4 is 28.1 Å². The molecule has 1 aliphatic carbocycles. The lowest BCUT2D eigenvalue weighted by Gasteiger charge is -2.31. The summed E-state index contributed by atoms with van der Waals surface area (Å²) in [5.74, 6) is 0.710. The molecule has 1 saturated carbocycles. The van der Waals surface area contributed by atoms with Gasteiger partial charge in [-0.15, -0.1) is 0 Å². The van der Waals surface area contributed by atoms with Gasteiger partial charge in [-0.3, -0.25) is 9.78 Å². The Morgan fingerprint density at radius 1 is 0.914 bits per heavy atom. The quantitative estimate of drug-likeness (QED) is 0.254. The van der Waals surface area contributed by atoms with Crippen molar-refractivity contribution < 1.29 is 4.79 Å². The van der Waals surface area contributed by atoms with Crippen molar-refractivity contribution in [2.24, 2.45) is 0 Å². The van der Waals surface area contributed by atoms with Crippen LogP contribution in [-0.4, -0.2) is 23.9 Å². The summed E-state index contributed by atoms with van der Waals surface area (Å²) in [7, 11) is 0. The van der Waals surface area contributed by atoms with Crippen LogP contribution in [0.25, 0.3) is 22.0 Å². The molecule has 35 heavy (non-hydrogen) atoms. The SMILES string of the molecule is Nc1ccc(-c2ccccc2)cc1CC(=O)c1cnc2c(N3CCCCC3)c(C3CC3)ccc2c1. The van der Waals surface area contributed by atoms with E-state index in [1.165, 1.54) is 43.4 Å². The number of hydrogen-bond donors (Lipinski definition) is 1. The van der Waals surface area contributed by atoms with E-state index < -0.39 is 0 Å². The molecule has 4 heteroatoms. The fraction of sp³-hybridized carbons (Fsp3) is 0.290. The van der Waals surface area contributed by atoms with E-state index in [2.05, 4.69) is 29.2 Å². The number of anilines is 2. The molecule has 0 bridgehead atoms. The molecule has 0 atom stereocenters. The minimum absolute atomic E-state index is 0.0436. The molecule has 2 heterocycles. The van der Waals surface area contributed by atoms with Crippen LogP contribution in [0.2, 0.25) is 0 Å². The first-order chi connectivity index (χ1) is 17.2. The van der Waals surface area contributed by atoms with Crippen molar-refractivity contribution in [1.82, 2.24) is 4.98 Å².